The highest BCUT2D eigenvalue weighted by atomic mass is 32.2. The van der Waals surface area contributed by atoms with E-state index >= 15 is 0 Å². The van der Waals surface area contributed by atoms with Crippen LogP contribution < -0.4 is 0 Å². The van der Waals surface area contributed by atoms with Gasteiger partial charge in [-0.1, -0.05) is 19.4 Å². The van der Waals surface area contributed by atoms with Crippen LogP contribution in [0.5, 0.6) is 0 Å². The molecular weight excluding hydrogens is 262 g/mol. The van der Waals surface area contributed by atoms with E-state index in [1.54, 1.807) is 23.1 Å². The van der Waals surface area contributed by atoms with Crippen LogP contribution >= 0.6 is 23.1 Å². The summed E-state index contributed by atoms with van der Waals surface area (Å²) in [7, 11) is 0. The van der Waals surface area contributed by atoms with Crippen molar-refractivity contribution in [1.29, 1.82) is 0 Å². The lowest BCUT2D eigenvalue weighted by atomic mass is 10.3. The second-order valence-corrected chi connectivity index (χ2v) is 6.78. The number of thiophene rings is 1. The van der Waals surface area contributed by atoms with Gasteiger partial charge in [0.05, 0.1) is 11.8 Å². The Morgan fingerprint density at radius 1 is 1.50 bits per heavy atom. The molecule has 0 radical (unpaired) electrons. The molecule has 2 nitrogen and oxygen atoms in total. The number of nitrogens with zero attached hydrogens (tertiary/aromatic N) is 1. The van der Waals surface area contributed by atoms with Crippen molar-refractivity contribution in [2.45, 2.75) is 45.4 Å². The fourth-order valence-electron chi connectivity index (χ4n) is 1.67. The van der Waals surface area contributed by atoms with Crippen LogP contribution in [-0.2, 0) is 11.3 Å². The van der Waals surface area contributed by atoms with Gasteiger partial charge in [0.25, 0.3) is 0 Å². The molecule has 0 N–H and O–H groups in total. The van der Waals surface area contributed by atoms with E-state index in [4.69, 9.17) is 0 Å². The van der Waals surface area contributed by atoms with Gasteiger partial charge in [0.1, 0.15) is 0 Å². The summed E-state index contributed by atoms with van der Waals surface area (Å²) in [6.07, 6.45) is 2.39. The molecule has 1 aromatic rings. The smallest absolute Gasteiger partial charge is 0.235 e. The van der Waals surface area contributed by atoms with Crippen molar-refractivity contribution >= 4 is 29.0 Å². The molecule has 102 valence electrons. The number of thioether (sulfide) groups is 1. The third-order valence-corrected chi connectivity index (χ3v) is 4.92. The predicted octanol–water partition coefficient (Wildman–Crippen LogP) is 4.02. The number of amides is 1. The molecular formula is C14H23NOS2. The van der Waals surface area contributed by atoms with Crippen LogP contribution in [0, 0.1) is 0 Å². The van der Waals surface area contributed by atoms with Gasteiger partial charge in [-0.25, -0.2) is 0 Å². The first-order chi connectivity index (χ1) is 8.69. The predicted molar refractivity (Wildman–Crippen MR) is 82.2 cm³/mol. The van der Waals surface area contributed by atoms with Crippen LogP contribution in [0.1, 0.15) is 38.5 Å². The fraction of sp³-hybridized carbons (Fsp3) is 0.643. The number of rotatable bonds is 8. The van der Waals surface area contributed by atoms with Gasteiger partial charge >= 0.3 is 0 Å². The van der Waals surface area contributed by atoms with E-state index in [1.165, 1.54) is 17.7 Å². The maximum absolute atomic E-state index is 12.3. The maximum atomic E-state index is 12.3. The van der Waals surface area contributed by atoms with Gasteiger partial charge < -0.3 is 4.90 Å². The van der Waals surface area contributed by atoms with Gasteiger partial charge in [0.15, 0.2) is 0 Å². The third-order valence-electron chi connectivity index (χ3n) is 2.83. The molecule has 1 unspecified atom stereocenters. The van der Waals surface area contributed by atoms with Gasteiger partial charge in [-0.15, -0.1) is 23.1 Å². The molecule has 1 atom stereocenters. The second kappa shape index (κ2) is 8.59. The van der Waals surface area contributed by atoms with Crippen molar-refractivity contribution in [3.8, 4) is 0 Å². The summed E-state index contributed by atoms with van der Waals surface area (Å²) in [5.74, 6) is 1.35. The molecule has 18 heavy (non-hydrogen) atoms. The maximum Gasteiger partial charge on any atom is 0.235 e. The lowest BCUT2D eigenvalue weighted by Gasteiger charge is -2.23. The minimum Gasteiger partial charge on any atom is -0.337 e. The zero-order chi connectivity index (χ0) is 13.4. The fourth-order valence-corrected chi connectivity index (χ4v) is 3.49. The minimum absolute atomic E-state index is 0.0801. The van der Waals surface area contributed by atoms with Gasteiger partial charge in [-0.05, 0) is 37.5 Å². The zero-order valence-corrected chi connectivity index (χ0v) is 13.1. The van der Waals surface area contributed by atoms with Crippen LogP contribution in [-0.4, -0.2) is 28.4 Å². The summed E-state index contributed by atoms with van der Waals surface area (Å²) in [6.45, 7) is 7.80. The van der Waals surface area contributed by atoms with E-state index in [2.05, 4.69) is 25.3 Å². The minimum atomic E-state index is 0.0801. The van der Waals surface area contributed by atoms with Crippen LogP contribution in [0.15, 0.2) is 17.5 Å². The standard InChI is InChI=1S/C14H23NOS2/c1-4-6-9-17-12(3)14(16)15(5-2)11-13-8-7-10-18-13/h7-8,10,12H,4-6,9,11H2,1-3H3. The molecule has 1 heterocycles. The van der Waals surface area contributed by atoms with Gasteiger partial charge in [0, 0.05) is 11.4 Å². The van der Waals surface area contributed by atoms with E-state index in [9.17, 15) is 4.79 Å². The van der Waals surface area contributed by atoms with Crippen LogP contribution in [0.4, 0.5) is 0 Å². The third kappa shape index (κ3) is 5.02. The molecule has 0 aliphatic rings. The first-order valence-electron chi connectivity index (χ1n) is 6.61. The van der Waals surface area contributed by atoms with E-state index in [-0.39, 0.29) is 11.2 Å². The van der Waals surface area contributed by atoms with Crippen molar-refractivity contribution in [2.24, 2.45) is 0 Å². The van der Waals surface area contributed by atoms with Gasteiger partial charge in [0.2, 0.25) is 5.91 Å². The van der Waals surface area contributed by atoms with Crippen molar-refractivity contribution in [1.82, 2.24) is 4.90 Å². The van der Waals surface area contributed by atoms with E-state index in [0.717, 1.165) is 18.8 Å². The number of hydrogen-bond donors (Lipinski definition) is 0. The van der Waals surface area contributed by atoms with Crippen molar-refractivity contribution < 1.29 is 4.79 Å². The molecule has 0 aromatic carbocycles. The number of carbonyl (C=O) groups is 1. The summed E-state index contributed by atoms with van der Waals surface area (Å²) in [4.78, 5) is 15.5. The highest BCUT2D eigenvalue weighted by Gasteiger charge is 2.19. The van der Waals surface area contributed by atoms with Crippen LogP contribution in [0.3, 0.4) is 0 Å². The molecule has 0 saturated heterocycles. The van der Waals surface area contributed by atoms with E-state index in [1.807, 2.05) is 17.9 Å². The molecule has 0 aliphatic carbocycles. The Bertz CT molecular complexity index is 338. The highest BCUT2D eigenvalue weighted by molar-refractivity contribution is 8.00. The first-order valence-corrected chi connectivity index (χ1v) is 8.54. The molecule has 1 amide bonds. The Hall–Kier alpha value is -0.480. The summed E-state index contributed by atoms with van der Waals surface area (Å²) < 4.78 is 0. The Morgan fingerprint density at radius 2 is 2.28 bits per heavy atom. The van der Waals surface area contributed by atoms with E-state index in [0.29, 0.717) is 0 Å². The summed E-state index contributed by atoms with van der Waals surface area (Å²) in [5.41, 5.74) is 0. The number of unbranched alkanes of at least 4 members (excludes halogenated alkanes) is 1. The summed E-state index contributed by atoms with van der Waals surface area (Å²) >= 11 is 3.49. The Balaban J connectivity index is 2.45. The number of hydrogen-bond acceptors (Lipinski definition) is 3. The lowest BCUT2D eigenvalue weighted by molar-refractivity contribution is -0.130. The zero-order valence-electron chi connectivity index (χ0n) is 11.5. The molecule has 0 fully saturated rings. The van der Waals surface area contributed by atoms with Crippen molar-refractivity contribution in [3.05, 3.63) is 22.4 Å². The Kier molecular flexibility index (Phi) is 7.44. The highest BCUT2D eigenvalue weighted by Crippen LogP contribution is 2.18. The van der Waals surface area contributed by atoms with Crippen LogP contribution in [0.2, 0.25) is 0 Å². The molecule has 0 bridgehead atoms. The molecule has 1 rings (SSSR count). The Morgan fingerprint density at radius 3 is 2.83 bits per heavy atom. The molecule has 0 aliphatic heterocycles. The molecule has 0 spiro atoms. The molecule has 1 aromatic heterocycles. The van der Waals surface area contributed by atoms with Gasteiger partial charge in [-0.3, -0.25) is 4.79 Å². The van der Waals surface area contributed by atoms with Crippen LogP contribution in [0.25, 0.3) is 0 Å². The largest absolute Gasteiger partial charge is 0.337 e. The summed E-state index contributed by atoms with van der Waals surface area (Å²) in [5, 5.41) is 2.14. The average molecular weight is 285 g/mol. The monoisotopic (exact) mass is 285 g/mol. The first kappa shape index (κ1) is 15.6. The average Bonchev–Trinajstić information content (AvgIpc) is 2.88. The van der Waals surface area contributed by atoms with Crippen molar-refractivity contribution in [3.63, 3.8) is 0 Å². The SMILES string of the molecule is CCCCSC(C)C(=O)N(CC)Cc1cccs1. The lowest BCUT2D eigenvalue weighted by Crippen LogP contribution is -2.35. The molecule has 4 heteroatoms. The quantitative estimate of drug-likeness (QED) is 0.672. The Labute approximate surface area is 119 Å². The summed E-state index contributed by atoms with van der Waals surface area (Å²) in [6, 6.07) is 4.13. The topological polar surface area (TPSA) is 20.3 Å². The van der Waals surface area contributed by atoms with Gasteiger partial charge in [-0.2, -0.15) is 0 Å². The van der Waals surface area contributed by atoms with Crippen molar-refractivity contribution in [2.75, 3.05) is 12.3 Å². The second-order valence-electron chi connectivity index (χ2n) is 4.30. The van der Waals surface area contributed by atoms with E-state index < -0.39 is 0 Å². The normalized spacial score (nSPS) is 12.4. The number of carbonyl (C=O) groups excluding carboxylic acids is 1. The molecule has 0 saturated carbocycles.